The van der Waals surface area contributed by atoms with Crippen LogP contribution in [0.5, 0.6) is 0 Å². The Bertz CT molecular complexity index is 357. The first-order valence-corrected chi connectivity index (χ1v) is 4.02. The molecule has 0 radical (unpaired) electrons. The Morgan fingerprint density at radius 1 is 1.43 bits per heavy atom. The number of benzene rings is 1. The summed E-state index contributed by atoms with van der Waals surface area (Å²) in [5.74, 6) is -1.34. The Morgan fingerprint density at radius 2 is 2.00 bits per heavy atom. The minimum atomic E-state index is -1.02. The van der Waals surface area contributed by atoms with Gasteiger partial charge in [0, 0.05) is 17.5 Å². The molecule has 0 fully saturated rings. The molecule has 0 heterocycles. The summed E-state index contributed by atoms with van der Waals surface area (Å²) >= 11 is 0. The van der Waals surface area contributed by atoms with Gasteiger partial charge in [-0.2, -0.15) is 0 Å². The van der Waals surface area contributed by atoms with Gasteiger partial charge in [-0.1, -0.05) is 0 Å². The van der Waals surface area contributed by atoms with E-state index in [0.29, 0.717) is 11.4 Å². The molecular weight excluding hydrogens is 185 g/mol. The minimum Gasteiger partial charge on any atom is -0.478 e. The number of halogens is 1. The van der Waals surface area contributed by atoms with Crippen LogP contribution in [-0.2, 0) is 4.79 Å². The summed E-state index contributed by atoms with van der Waals surface area (Å²) in [7, 11) is 0. The predicted octanol–water partition coefficient (Wildman–Crippen LogP) is 2.23. The third kappa shape index (κ3) is 3.26. The fourth-order valence-electron chi connectivity index (χ4n) is 0.982. The van der Waals surface area contributed by atoms with Crippen LogP contribution < -0.4 is 5.32 Å². The molecule has 1 rings (SSSR count). The highest BCUT2D eigenvalue weighted by molar-refractivity contribution is 5.81. The lowest BCUT2D eigenvalue weighted by atomic mass is 10.3. The molecule has 0 aromatic heterocycles. The topological polar surface area (TPSA) is 49.3 Å². The molecule has 0 aliphatic carbocycles. The summed E-state index contributed by atoms with van der Waals surface area (Å²) in [5.41, 5.74) is 1.14. The van der Waals surface area contributed by atoms with Crippen molar-refractivity contribution in [3.8, 4) is 0 Å². The fraction of sp³-hybridized carbons (Fsp3) is 0.100. The largest absolute Gasteiger partial charge is 0.478 e. The second-order valence-corrected chi connectivity index (χ2v) is 2.80. The number of hydrogen-bond donors (Lipinski definition) is 2. The quantitative estimate of drug-likeness (QED) is 0.727. The monoisotopic (exact) mass is 195 g/mol. The summed E-state index contributed by atoms with van der Waals surface area (Å²) in [6.07, 6.45) is 1.04. The molecule has 3 nitrogen and oxygen atoms in total. The summed E-state index contributed by atoms with van der Waals surface area (Å²) in [4.78, 5) is 10.3. The van der Waals surface area contributed by atoms with E-state index in [1.807, 2.05) is 0 Å². The van der Waals surface area contributed by atoms with Gasteiger partial charge in [-0.3, -0.25) is 0 Å². The smallest absolute Gasteiger partial charge is 0.330 e. The normalized spacial score (nSPS) is 11.1. The van der Waals surface area contributed by atoms with Crippen LogP contribution in [0.25, 0.3) is 0 Å². The highest BCUT2D eigenvalue weighted by Gasteiger charge is 1.95. The van der Waals surface area contributed by atoms with Crippen LogP contribution in [0.15, 0.2) is 36.0 Å². The maximum Gasteiger partial charge on any atom is 0.330 e. The van der Waals surface area contributed by atoms with Crippen LogP contribution in [0.1, 0.15) is 6.92 Å². The van der Waals surface area contributed by atoms with Crippen LogP contribution in [0, 0.1) is 5.82 Å². The van der Waals surface area contributed by atoms with Crippen molar-refractivity contribution < 1.29 is 14.3 Å². The lowest BCUT2D eigenvalue weighted by Gasteiger charge is -2.04. The molecule has 0 unspecified atom stereocenters. The number of carboxylic acids is 1. The summed E-state index contributed by atoms with van der Waals surface area (Å²) < 4.78 is 12.5. The average Bonchev–Trinajstić information content (AvgIpc) is 2.07. The van der Waals surface area contributed by atoms with Gasteiger partial charge in [-0.25, -0.2) is 9.18 Å². The number of nitrogens with one attached hydrogen (secondary N) is 1. The zero-order valence-corrected chi connectivity index (χ0v) is 7.62. The maximum absolute atomic E-state index is 12.5. The standard InChI is InChI=1S/C10H10FNO2/c1-7(6-10(13)14)12-9-4-2-8(11)3-5-9/h2-6,12H,1H3,(H,13,14). The van der Waals surface area contributed by atoms with Crippen molar-refractivity contribution >= 4 is 11.7 Å². The zero-order valence-electron chi connectivity index (χ0n) is 7.62. The lowest BCUT2D eigenvalue weighted by molar-refractivity contribution is -0.131. The number of hydrogen-bond acceptors (Lipinski definition) is 2. The molecule has 0 saturated carbocycles. The van der Waals surface area contributed by atoms with Crippen LogP contribution in [0.4, 0.5) is 10.1 Å². The third-order valence-electron chi connectivity index (χ3n) is 1.53. The predicted molar refractivity (Wildman–Crippen MR) is 51.4 cm³/mol. The number of carboxylic acid groups (broad SMARTS) is 1. The van der Waals surface area contributed by atoms with Crippen molar-refractivity contribution in [3.63, 3.8) is 0 Å². The van der Waals surface area contributed by atoms with E-state index in [-0.39, 0.29) is 5.82 Å². The number of rotatable bonds is 3. The van der Waals surface area contributed by atoms with E-state index in [2.05, 4.69) is 5.32 Å². The van der Waals surface area contributed by atoms with E-state index in [4.69, 9.17) is 5.11 Å². The zero-order chi connectivity index (χ0) is 10.6. The summed E-state index contributed by atoms with van der Waals surface area (Å²) in [6, 6.07) is 5.68. The molecule has 14 heavy (non-hydrogen) atoms. The second kappa shape index (κ2) is 4.41. The Hall–Kier alpha value is -1.84. The number of aliphatic carboxylic acids is 1. The van der Waals surface area contributed by atoms with Crippen LogP contribution >= 0.6 is 0 Å². The van der Waals surface area contributed by atoms with Crippen molar-refractivity contribution in [1.29, 1.82) is 0 Å². The first-order valence-electron chi connectivity index (χ1n) is 4.02. The number of carbonyl (C=O) groups is 1. The van der Waals surface area contributed by atoms with E-state index in [1.165, 1.54) is 24.3 Å². The highest BCUT2D eigenvalue weighted by atomic mass is 19.1. The van der Waals surface area contributed by atoms with Crippen molar-refractivity contribution in [2.75, 3.05) is 5.32 Å². The van der Waals surface area contributed by atoms with Crippen molar-refractivity contribution in [2.24, 2.45) is 0 Å². The molecular formula is C10H10FNO2. The Kier molecular flexibility index (Phi) is 3.23. The van der Waals surface area contributed by atoms with Gasteiger partial charge in [-0.15, -0.1) is 0 Å². The molecule has 2 N–H and O–H groups in total. The van der Waals surface area contributed by atoms with Crippen LogP contribution in [0.3, 0.4) is 0 Å². The van der Waals surface area contributed by atoms with E-state index in [9.17, 15) is 9.18 Å². The summed E-state index contributed by atoms with van der Waals surface area (Å²) in [6.45, 7) is 1.62. The van der Waals surface area contributed by atoms with E-state index in [1.54, 1.807) is 6.92 Å². The molecule has 0 saturated heterocycles. The molecule has 1 aromatic carbocycles. The molecule has 0 atom stereocenters. The molecule has 0 bridgehead atoms. The van der Waals surface area contributed by atoms with Gasteiger partial charge < -0.3 is 10.4 Å². The van der Waals surface area contributed by atoms with E-state index < -0.39 is 5.97 Å². The molecule has 4 heteroatoms. The molecule has 0 aliphatic rings. The molecule has 0 aliphatic heterocycles. The number of anilines is 1. The molecule has 74 valence electrons. The summed E-state index contributed by atoms with van der Waals surface area (Å²) in [5, 5.41) is 11.2. The second-order valence-electron chi connectivity index (χ2n) is 2.80. The van der Waals surface area contributed by atoms with Crippen molar-refractivity contribution in [2.45, 2.75) is 6.92 Å². The molecule has 0 amide bonds. The van der Waals surface area contributed by atoms with Gasteiger partial charge in [0.1, 0.15) is 5.82 Å². The Morgan fingerprint density at radius 3 is 2.50 bits per heavy atom. The molecule has 0 spiro atoms. The SMILES string of the molecule is CC(=CC(=O)O)Nc1ccc(F)cc1. The van der Waals surface area contributed by atoms with E-state index in [0.717, 1.165) is 6.08 Å². The van der Waals surface area contributed by atoms with Crippen molar-refractivity contribution in [3.05, 3.63) is 41.9 Å². The minimum absolute atomic E-state index is 0.324. The first kappa shape index (κ1) is 10.2. The Labute approximate surface area is 80.9 Å². The third-order valence-corrected chi connectivity index (χ3v) is 1.53. The van der Waals surface area contributed by atoms with Gasteiger partial charge in [0.15, 0.2) is 0 Å². The van der Waals surface area contributed by atoms with Gasteiger partial charge in [0.2, 0.25) is 0 Å². The van der Waals surface area contributed by atoms with E-state index >= 15 is 0 Å². The maximum atomic E-state index is 12.5. The molecule has 1 aromatic rings. The van der Waals surface area contributed by atoms with Crippen LogP contribution in [0.2, 0.25) is 0 Å². The van der Waals surface area contributed by atoms with Gasteiger partial charge in [-0.05, 0) is 31.2 Å². The van der Waals surface area contributed by atoms with Gasteiger partial charge >= 0.3 is 5.97 Å². The van der Waals surface area contributed by atoms with Crippen LogP contribution in [-0.4, -0.2) is 11.1 Å². The first-order chi connectivity index (χ1) is 6.58. The van der Waals surface area contributed by atoms with Gasteiger partial charge in [0.05, 0.1) is 0 Å². The Balaban J connectivity index is 2.69. The number of allylic oxidation sites excluding steroid dienone is 1. The van der Waals surface area contributed by atoms with Gasteiger partial charge in [0.25, 0.3) is 0 Å². The fourth-order valence-corrected chi connectivity index (χ4v) is 0.982. The average molecular weight is 195 g/mol. The lowest BCUT2D eigenvalue weighted by Crippen LogP contribution is -1.99. The highest BCUT2D eigenvalue weighted by Crippen LogP contribution is 2.10. The van der Waals surface area contributed by atoms with Crippen molar-refractivity contribution in [1.82, 2.24) is 0 Å².